The van der Waals surface area contributed by atoms with Gasteiger partial charge in [-0.15, -0.1) is 0 Å². The number of nitrogens with one attached hydrogen (secondary N) is 1. The number of pyridine rings is 2. The van der Waals surface area contributed by atoms with E-state index in [1.807, 2.05) is 18.3 Å². The molecule has 0 aromatic carbocycles. The average Bonchev–Trinajstić information content (AvgIpc) is 2.41. The van der Waals surface area contributed by atoms with E-state index in [2.05, 4.69) is 51.1 Å². The average molecular weight is 338 g/mol. The Morgan fingerprint density at radius 1 is 1.32 bits per heavy atom. The Morgan fingerprint density at radius 3 is 2.84 bits per heavy atom. The summed E-state index contributed by atoms with van der Waals surface area (Å²) >= 11 is 5.09. The Hall–Kier alpha value is -0.910. The lowest BCUT2D eigenvalue weighted by Gasteiger charge is -2.08. The van der Waals surface area contributed by atoms with Crippen molar-refractivity contribution in [1.29, 1.82) is 0 Å². The highest BCUT2D eigenvalue weighted by atomic mass is 79.9. The van der Waals surface area contributed by atoms with E-state index in [0.29, 0.717) is 0 Å². The second kappa shape index (κ2) is 7.03. The van der Waals surface area contributed by atoms with Crippen molar-refractivity contribution in [3.05, 3.63) is 46.2 Å². The first-order valence-corrected chi connectivity index (χ1v) is 7.76. The largest absolute Gasteiger partial charge is 0.313 e. The number of halogens is 1. The fraction of sp³-hybridized carbons (Fsp3) is 0.286. The number of hydrogen-bond acceptors (Lipinski definition) is 4. The van der Waals surface area contributed by atoms with E-state index >= 15 is 0 Å². The van der Waals surface area contributed by atoms with Gasteiger partial charge in [0.1, 0.15) is 10.1 Å². The predicted molar refractivity (Wildman–Crippen MR) is 82.4 cm³/mol. The van der Waals surface area contributed by atoms with Gasteiger partial charge in [-0.3, -0.25) is 0 Å². The Morgan fingerprint density at radius 2 is 2.16 bits per heavy atom. The van der Waals surface area contributed by atoms with Crippen LogP contribution in [0.4, 0.5) is 0 Å². The lowest BCUT2D eigenvalue weighted by atomic mass is 10.2. The maximum atomic E-state index is 4.53. The molecule has 0 atom stereocenters. The van der Waals surface area contributed by atoms with Gasteiger partial charge in [0.05, 0.1) is 4.47 Å². The molecule has 2 aromatic rings. The monoisotopic (exact) mass is 337 g/mol. The Bertz CT molecular complexity index is 560. The molecule has 0 aliphatic rings. The zero-order chi connectivity index (χ0) is 13.7. The molecule has 0 fully saturated rings. The molecule has 5 heteroatoms. The summed E-state index contributed by atoms with van der Waals surface area (Å²) in [5, 5.41) is 5.25. The second-order valence-corrected chi connectivity index (χ2v) is 5.97. The van der Waals surface area contributed by atoms with Crippen LogP contribution >= 0.6 is 27.7 Å². The highest BCUT2D eigenvalue weighted by Gasteiger charge is 2.07. The van der Waals surface area contributed by atoms with Crippen LogP contribution in [-0.4, -0.2) is 16.5 Å². The standard InChI is InChI=1S/C14H16BrN3S/c1-3-16-8-11-7-10(2)13(18-9-11)19-14-12(15)5-4-6-17-14/h4-7,9,16H,3,8H2,1-2H3. The van der Waals surface area contributed by atoms with Crippen molar-refractivity contribution in [3.63, 3.8) is 0 Å². The molecule has 2 aromatic heterocycles. The lowest BCUT2D eigenvalue weighted by Crippen LogP contribution is -2.12. The second-order valence-electron chi connectivity index (χ2n) is 4.14. The molecule has 0 amide bonds. The summed E-state index contributed by atoms with van der Waals surface area (Å²) in [6.45, 7) is 6.02. The van der Waals surface area contributed by atoms with Crippen molar-refractivity contribution in [3.8, 4) is 0 Å². The van der Waals surface area contributed by atoms with Crippen LogP contribution in [-0.2, 0) is 6.54 Å². The molecular weight excluding hydrogens is 322 g/mol. The van der Waals surface area contributed by atoms with E-state index in [-0.39, 0.29) is 0 Å². The van der Waals surface area contributed by atoms with Crippen LogP contribution in [0.3, 0.4) is 0 Å². The van der Waals surface area contributed by atoms with Crippen molar-refractivity contribution in [1.82, 2.24) is 15.3 Å². The minimum atomic E-state index is 0.864. The minimum Gasteiger partial charge on any atom is -0.313 e. The minimum absolute atomic E-state index is 0.864. The molecule has 2 rings (SSSR count). The zero-order valence-electron chi connectivity index (χ0n) is 11.0. The first kappa shape index (κ1) is 14.5. The number of aryl methyl sites for hydroxylation is 1. The summed E-state index contributed by atoms with van der Waals surface area (Å²) < 4.78 is 0.998. The summed E-state index contributed by atoms with van der Waals surface area (Å²) in [5.74, 6) is 0. The van der Waals surface area contributed by atoms with Crippen molar-refractivity contribution in [2.75, 3.05) is 6.54 Å². The molecule has 1 N–H and O–H groups in total. The SMILES string of the molecule is CCNCc1cnc(Sc2ncccc2Br)c(C)c1. The number of nitrogens with zero attached hydrogens (tertiary/aromatic N) is 2. The molecule has 0 saturated carbocycles. The zero-order valence-corrected chi connectivity index (χ0v) is 13.4. The summed E-state index contributed by atoms with van der Waals surface area (Å²) in [7, 11) is 0. The van der Waals surface area contributed by atoms with E-state index < -0.39 is 0 Å². The first-order chi connectivity index (χ1) is 9.20. The fourth-order valence-corrected chi connectivity index (χ4v) is 2.92. The van der Waals surface area contributed by atoms with Crippen LogP contribution in [0.1, 0.15) is 18.1 Å². The molecule has 3 nitrogen and oxygen atoms in total. The van der Waals surface area contributed by atoms with Crippen molar-refractivity contribution >= 4 is 27.7 Å². The van der Waals surface area contributed by atoms with E-state index in [0.717, 1.165) is 27.6 Å². The number of aromatic nitrogens is 2. The van der Waals surface area contributed by atoms with Gasteiger partial charge in [0.2, 0.25) is 0 Å². The maximum absolute atomic E-state index is 4.53. The van der Waals surface area contributed by atoms with Crippen molar-refractivity contribution in [2.45, 2.75) is 30.4 Å². The normalized spacial score (nSPS) is 10.7. The fourth-order valence-electron chi connectivity index (χ4n) is 1.63. The first-order valence-electron chi connectivity index (χ1n) is 6.15. The molecule has 0 unspecified atom stereocenters. The van der Waals surface area contributed by atoms with E-state index in [4.69, 9.17) is 0 Å². The van der Waals surface area contributed by atoms with Crippen LogP contribution in [0.15, 0.2) is 45.1 Å². The number of hydrogen-bond donors (Lipinski definition) is 1. The third-order valence-corrected chi connectivity index (χ3v) is 4.63. The van der Waals surface area contributed by atoms with Gasteiger partial charge in [-0.2, -0.15) is 0 Å². The van der Waals surface area contributed by atoms with Gasteiger partial charge in [-0.1, -0.05) is 13.0 Å². The highest BCUT2D eigenvalue weighted by molar-refractivity contribution is 9.10. The van der Waals surface area contributed by atoms with Gasteiger partial charge >= 0.3 is 0 Å². The van der Waals surface area contributed by atoms with Crippen molar-refractivity contribution in [2.24, 2.45) is 0 Å². The Balaban J connectivity index is 2.15. The van der Waals surface area contributed by atoms with E-state index in [9.17, 15) is 0 Å². The summed E-state index contributed by atoms with van der Waals surface area (Å²) in [6.07, 6.45) is 3.72. The predicted octanol–water partition coefficient (Wildman–Crippen LogP) is 3.81. The highest BCUT2D eigenvalue weighted by Crippen LogP contribution is 2.32. The van der Waals surface area contributed by atoms with Crippen molar-refractivity contribution < 1.29 is 0 Å². The summed E-state index contributed by atoms with van der Waals surface area (Å²) in [5.41, 5.74) is 2.39. The quantitative estimate of drug-likeness (QED) is 0.900. The van der Waals surface area contributed by atoms with Crippen LogP contribution in [0, 0.1) is 6.92 Å². The van der Waals surface area contributed by atoms with Gasteiger partial charge in [-0.25, -0.2) is 9.97 Å². The van der Waals surface area contributed by atoms with Gasteiger partial charge in [0.25, 0.3) is 0 Å². The maximum Gasteiger partial charge on any atom is 0.116 e. The molecule has 0 aliphatic heterocycles. The lowest BCUT2D eigenvalue weighted by molar-refractivity contribution is 0.721. The Labute approximate surface area is 126 Å². The van der Waals surface area contributed by atoms with Crippen LogP contribution in [0.5, 0.6) is 0 Å². The van der Waals surface area contributed by atoms with Gasteiger partial charge < -0.3 is 5.32 Å². The van der Waals surface area contributed by atoms with Gasteiger partial charge in [0, 0.05) is 18.9 Å². The Kier molecular flexibility index (Phi) is 5.36. The van der Waals surface area contributed by atoms with Gasteiger partial charge in [0.15, 0.2) is 0 Å². The molecule has 100 valence electrons. The van der Waals surface area contributed by atoms with E-state index in [1.54, 1.807) is 18.0 Å². The molecule has 0 aliphatic carbocycles. The molecular formula is C14H16BrN3S. The number of rotatable bonds is 5. The van der Waals surface area contributed by atoms with Gasteiger partial charge in [-0.05, 0) is 64.4 Å². The third-order valence-electron chi connectivity index (χ3n) is 2.58. The molecule has 2 heterocycles. The molecule has 19 heavy (non-hydrogen) atoms. The van der Waals surface area contributed by atoms with Crippen LogP contribution in [0.2, 0.25) is 0 Å². The van der Waals surface area contributed by atoms with Crippen LogP contribution in [0.25, 0.3) is 0 Å². The van der Waals surface area contributed by atoms with E-state index in [1.165, 1.54) is 11.1 Å². The van der Waals surface area contributed by atoms with Crippen LogP contribution < -0.4 is 5.32 Å². The topological polar surface area (TPSA) is 37.8 Å². The third kappa shape index (κ3) is 4.03. The molecule has 0 spiro atoms. The summed E-state index contributed by atoms with van der Waals surface area (Å²) in [6, 6.07) is 6.08. The molecule has 0 saturated heterocycles. The molecule has 0 radical (unpaired) electrons. The summed E-state index contributed by atoms with van der Waals surface area (Å²) in [4.78, 5) is 8.88. The molecule has 0 bridgehead atoms. The smallest absolute Gasteiger partial charge is 0.116 e.